The van der Waals surface area contributed by atoms with Gasteiger partial charge in [-0.3, -0.25) is 4.79 Å². The molecule has 0 aromatic rings. The fourth-order valence-electron chi connectivity index (χ4n) is 5.40. The number of rotatable bonds is 34. The van der Waals surface area contributed by atoms with Gasteiger partial charge >= 0.3 is 12.1 Å². The first-order valence-corrected chi connectivity index (χ1v) is 20.4. The monoisotopic (exact) mass is 664 g/mol. The number of nitrogens with one attached hydrogen (secondary N) is 1. The van der Waals surface area contributed by atoms with Crippen molar-refractivity contribution in [1.29, 1.82) is 0 Å². The molecule has 0 heterocycles. The largest absolute Gasteiger partial charge is 0.466 e. The SMILES string of the molecule is CCCCCCCC/C=C/CCCCCCCCOC(=O)CCC.CCCCCCCC/C=C/CCCCCCCCOC(=O)NC. The molecule has 0 saturated carbocycles. The second-order valence-corrected chi connectivity index (χ2v) is 13.2. The van der Waals surface area contributed by atoms with E-state index in [2.05, 4.69) is 43.5 Å². The summed E-state index contributed by atoms with van der Waals surface area (Å²) in [5.74, 6) is -0.0368. The highest BCUT2D eigenvalue weighted by Crippen LogP contribution is 2.11. The minimum Gasteiger partial charge on any atom is -0.466 e. The first kappa shape index (κ1) is 47.3. The molecule has 0 radical (unpaired) electrons. The molecule has 47 heavy (non-hydrogen) atoms. The van der Waals surface area contributed by atoms with Gasteiger partial charge in [-0.15, -0.1) is 0 Å². The van der Waals surface area contributed by atoms with Crippen molar-refractivity contribution in [3.05, 3.63) is 24.3 Å². The molecule has 0 aliphatic rings. The molecule has 0 aliphatic carbocycles. The van der Waals surface area contributed by atoms with Crippen LogP contribution in [0.5, 0.6) is 0 Å². The van der Waals surface area contributed by atoms with Crippen LogP contribution in [-0.2, 0) is 14.3 Å². The highest BCUT2D eigenvalue weighted by molar-refractivity contribution is 5.69. The first-order chi connectivity index (χ1) is 23.1. The van der Waals surface area contributed by atoms with Gasteiger partial charge in [-0.05, 0) is 70.6 Å². The lowest BCUT2D eigenvalue weighted by Crippen LogP contribution is -2.19. The van der Waals surface area contributed by atoms with Crippen molar-refractivity contribution in [1.82, 2.24) is 5.32 Å². The second kappa shape index (κ2) is 44.2. The van der Waals surface area contributed by atoms with Gasteiger partial charge in [-0.2, -0.15) is 0 Å². The fourth-order valence-corrected chi connectivity index (χ4v) is 5.40. The maximum absolute atomic E-state index is 11.2. The van der Waals surface area contributed by atoms with Crippen molar-refractivity contribution in [2.24, 2.45) is 0 Å². The van der Waals surface area contributed by atoms with E-state index in [1.54, 1.807) is 7.05 Å². The number of hydrogen-bond acceptors (Lipinski definition) is 4. The number of allylic oxidation sites excluding steroid dienone is 4. The number of esters is 1. The van der Waals surface area contributed by atoms with Crippen molar-refractivity contribution in [2.45, 2.75) is 213 Å². The highest BCUT2D eigenvalue weighted by atomic mass is 16.5. The highest BCUT2D eigenvalue weighted by Gasteiger charge is 2.00. The van der Waals surface area contributed by atoms with Gasteiger partial charge in [-0.1, -0.05) is 161 Å². The summed E-state index contributed by atoms with van der Waals surface area (Å²) < 4.78 is 10.1. The Morgan fingerprint density at radius 2 is 0.745 bits per heavy atom. The Bertz CT molecular complexity index is 676. The number of carbonyl (C=O) groups is 2. The van der Waals surface area contributed by atoms with Crippen molar-refractivity contribution in [3.63, 3.8) is 0 Å². The van der Waals surface area contributed by atoms with Crippen LogP contribution in [0, 0.1) is 0 Å². The molecule has 0 aromatic carbocycles. The molecule has 0 aromatic heterocycles. The van der Waals surface area contributed by atoms with E-state index < -0.39 is 0 Å². The molecule has 5 heteroatoms. The van der Waals surface area contributed by atoms with Crippen LogP contribution in [0.25, 0.3) is 0 Å². The van der Waals surface area contributed by atoms with E-state index in [1.165, 1.54) is 161 Å². The third kappa shape index (κ3) is 46.4. The molecule has 0 rings (SSSR count). The molecular weight excluding hydrogens is 582 g/mol. The van der Waals surface area contributed by atoms with Gasteiger partial charge in [0.2, 0.25) is 0 Å². The van der Waals surface area contributed by atoms with Crippen LogP contribution in [0.4, 0.5) is 4.79 Å². The molecule has 0 aliphatic heterocycles. The Hall–Kier alpha value is -1.78. The van der Waals surface area contributed by atoms with E-state index >= 15 is 0 Å². The number of ether oxygens (including phenoxy) is 2. The van der Waals surface area contributed by atoms with E-state index in [-0.39, 0.29) is 12.1 Å². The number of amides is 1. The lowest BCUT2D eigenvalue weighted by Gasteiger charge is -2.03. The minimum atomic E-state index is -0.322. The summed E-state index contributed by atoms with van der Waals surface area (Å²) in [7, 11) is 1.59. The Balaban J connectivity index is 0. The van der Waals surface area contributed by atoms with Crippen LogP contribution in [0.3, 0.4) is 0 Å². The molecule has 1 N–H and O–H groups in total. The van der Waals surface area contributed by atoms with Crippen LogP contribution in [0.15, 0.2) is 24.3 Å². The van der Waals surface area contributed by atoms with Crippen molar-refractivity contribution in [3.8, 4) is 0 Å². The first-order valence-electron chi connectivity index (χ1n) is 20.4. The molecule has 0 unspecified atom stereocenters. The van der Waals surface area contributed by atoms with Gasteiger partial charge in [0.1, 0.15) is 0 Å². The van der Waals surface area contributed by atoms with Crippen molar-refractivity contribution < 1.29 is 19.1 Å². The quantitative estimate of drug-likeness (QED) is 0.0423. The third-order valence-electron chi connectivity index (χ3n) is 8.47. The minimum absolute atomic E-state index is 0.0368. The number of hydrogen-bond donors (Lipinski definition) is 1. The van der Waals surface area contributed by atoms with E-state index in [1.807, 2.05) is 6.92 Å². The third-order valence-corrected chi connectivity index (χ3v) is 8.47. The molecule has 0 spiro atoms. The van der Waals surface area contributed by atoms with Gasteiger partial charge in [-0.25, -0.2) is 4.79 Å². The van der Waals surface area contributed by atoms with Crippen LogP contribution in [-0.4, -0.2) is 32.3 Å². The van der Waals surface area contributed by atoms with E-state index in [0.29, 0.717) is 19.6 Å². The lowest BCUT2D eigenvalue weighted by molar-refractivity contribution is -0.143. The Labute approximate surface area is 293 Å². The van der Waals surface area contributed by atoms with Gasteiger partial charge in [0.05, 0.1) is 13.2 Å². The Morgan fingerprint density at radius 3 is 1.09 bits per heavy atom. The van der Waals surface area contributed by atoms with Gasteiger partial charge in [0, 0.05) is 13.5 Å². The van der Waals surface area contributed by atoms with E-state index in [4.69, 9.17) is 9.47 Å². The molecule has 0 atom stereocenters. The summed E-state index contributed by atoms with van der Waals surface area (Å²) in [5.41, 5.74) is 0. The molecule has 278 valence electrons. The summed E-state index contributed by atoms with van der Waals surface area (Å²) in [6, 6.07) is 0. The molecular formula is C42H81NO4. The summed E-state index contributed by atoms with van der Waals surface area (Å²) in [6.45, 7) is 7.70. The zero-order chi connectivity index (χ0) is 34.7. The van der Waals surface area contributed by atoms with Crippen LogP contribution in [0.2, 0.25) is 0 Å². The summed E-state index contributed by atoms with van der Waals surface area (Å²) in [5, 5.41) is 2.45. The van der Waals surface area contributed by atoms with Gasteiger partial charge in [0.15, 0.2) is 0 Å². The van der Waals surface area contributed by atoms with Crippen molar-refractivity contribution in [2.75, 3.05) is 20.3 Å². The summed E-state index contributed by atoms with van der Waals surface area (Å²) in [4.78, 5) is 22.0. The maximum Gasteiger partial charge on any atom is 0.406 e. The van der Waals surface area contributed by atoms with Gasteiger partial charge in [0.25, 0.3) is 0 Å². The standard InChI is InChI=1S/C22H42O2.C20H39NO2/c1-3-5-6-7-8-9-10-11-12-13-14-15-16-17-18-19-21-24-22(23)20-4-2;1-3-4-5-6-7-8-9-10-11-12-13-14-15-16-17-18-19-23-20(22)21-2/h11-12H,3-10,13-21H2,1-2H3;10-11H,3-9,12-19H2,1-2H3,(H,21,22)/b12-11+;11-10+. The normalized spacial score (nSPS) is 11.1. The van der Waals surface area contributed by atoms with Crippen molar-refractivity contribution >= 4 is 12.1 Å². The van der Waals surface area contributed by atoms with Gasteiger partial charge < -0.3 is 14.8 Å². The van der Waals surface area contributed by atoms with E-state index in [9.17, 15) is 9.59 Å². The summed E-state index contributed by atoms with van der Waals surface area (Å²) >= 11 is 0. The number of alkyl carbamates (subject to hydrolysis) is 1. The summed E-state index contributed by atoms with van der Waals surface area (Å²) in [6.07, 6.45) is 47.0. The molecule has 0 bridgehead atoms. The van der Waals surface area contributed by atoms with E-state index in [0.717, 1.165) is 25.7 Å². The lowest BCUT2D eigenvalue weighted by atomic mass is 10.1. The molecule has 5 nitrogen and oxygen atoms in total. The average Bonchev–Trinajstić information content (AvgIpc) is 3.07. The predicted octanol–water partition coefficient (Wildman–Crippen LogP) is 13.7. The topological polar surface area (TPSA) is 64.6 Å². The second-order valence-electron chi connectivity index (χ2n) is 13.2. The van der Waals surface area contributed by atoms with Crippen LogP contribution < -0.4 is 5.32 Å². The average molecular weight is 664 g/mol. The fraction of sp³-hybridized carbons (Fsp3) is 0.857. The zero-order valence-corrected chi connectivity index (χ0v) is 32.1. The maximum atomic E-state index is 11.2. The number of carbonyl (C=O) groups excluding carboxylic acids is 2. The molecule has 1 amide bonds. The smallest absolute Gasteiger partial charge is 0.406 e. The molecule has 0 fully saturated rings. The Morgan fingerprint density at radius 1 is 0.426 bits per heavy atom. The predicted molar refractivity (Wildman–Crippen MR) is 205 cm³/mol. The van der Waals surface area contributed by atoms with Crippen LogP contribution in [0.1, 0.15) is 213 Å². The Kier molecular flexibility index (Phi) is 44.5. The molecule has 0 saturated heterocycles. The van der Waals surface area contributed by atoms with Crippen LogP contribution >= 0.6 is 0 Å². The number of unbranched alkanes of at least 4 members (excludes halogenated alkanes) is 24. The zero-order valence-electron chi connectivity index (χ0n) is 32.1.